The molecule has 0 unspecified atom stereocenters. The summed E-state index contributed by atoms with van der Waals surface area (Å²) in [5.74, 6) is -0.365. The molecule has 1 saturated carbocycles. The molecule has 0 atom stereocenters. The fourth-order valence-corrected chi connectivity index (χ4v) is 2.68. The van der Waals surface area contributed by atoms with Crippen molar-refractivity contribution in [1.82, 2.24) is 5.32 Å². The van der Waals surface area contributed by atoms with E-state index in [-0.39, 0.29) is 5.79 Å². The first-order valence-electron chi connectivity index (χ1n) is 6.89. The van der Waals surface area contributed by atoms with Crippen LogP contribution in [-0.2, 0) is 9.47 Å². The summed E-state index contributed by atoms with van der Waals surface area (Å²) in [6, 6.07) is 0. The Morgan fingerprint density at radius 2 is 1.76 bits per heavy atom. The van der Waals surface area contributed by atoms with Gasteiger partial charge < -0.3 is 19.9 Å². The van der Waals surface area contributed by atoms with E-state index in [2.05, 4.69) is 12.2 Å². The Labute approximate surface area is 104 Å². The molecule has 0 bridgehead atoms. The topological polar surface area (TPSA) is 50.7 Å². The summed E-state index contributed by atoms with van der Waals surface area (Å²) < 4.78 is 11.3. The Morgan fingerprint density at radius 3 is 2.35 bits per heavy atom. The van der Waals surface area contributed by atoms with Gasteiger partial charge in [-0.1, -0.05) is 13.3 Å². The summed E-state index contributed by atoms with van der Waals surface area (Å²) in [7, 11) is 0. The monoisotopic (exact) mass is 243 g/mol. The molecular weight excluding hydrogens is 218 g/mol. The molecule has 2 aliphatic rings. The number of rotatable bonds is 5. The molecule has 0 amide bonds. The number of hydrogen-bond donors (Lipinski definition) is 2. The molecule has 1 heterocycles. The second kappa shape index (κ2) is 5.65. The van der Waals surface area contributed by atoms with Gasteiger partial charge in [-0.2, -0.15) is 0 Å². The minimum absolute atomic E-state index is 0.365. The van der Waals surface area contributed by atoms with Crippen molar-refractivity contribution >= 4 is 0 Å². The molecule has 4 heteroatoms. The molecule has 0 radical (unpaired) electrons. The Hall–Kier alpha value is -0.160. The van der Waals surface area contributed by atoms with Gasteiger partial charge in [-0.25, -0.2) is 0 Å². The number of aliphatic hydroxyl groups is 1. The quantitative estimate of drug-likeness (QED) is 0.717. The standard InChI is InChI=1S/C13H25NO3/c1-2-3-8-14-11-12(15)4-6-13(7-5-12)16-9-10-17-13/h14-15H,2-11H2,1H3. The zero-order chi connectivity index (χ0) is 12.2. The number of unbranched alkanes of at least 4 members (excludes halogenated alkanes) is 1. The zero-order valence-electron chi connectivity index (χ0n) is 10.8. The van der Waals surface area contributed by atoms with Crippen LogP contribution in [-0.4, -0.2) is 42.8 Å². The third-order valence-electron chi connectivity index (χ3n) is 3.92. The van der Waals surface area contributed by atoms with E-state index in [0.717, 1.165) is 32.2 Å². The molecule has 17 heavy (non-hydrogen) atoms. The molecule has 4 nitrogen and oxygen atoms in total. The van der Waals surface area contributed by atoms with Crippen LogP contribution in [0.5, 0.6) is 0 Å². The minimum Gasteiger partial charge on any atom is -0.389 e. The number of hydrogen-bond acceptors (Lipinski definition) is 4. The average Bonchev–Trinajstić information content (AvgIpc) is 2.79. The molecule has 100 valence electrons. The average molecular weight is 243 g/mol. The van der Waals surface area contributed by atoms with E-state index >= 15 is 0 Å². The predicted molar refractivity (Wildman–Crippen MR) is 65.8 cm³/mol. The second-order valence-corrected chi connectivity index (χ2v) is 5.36. The van der Waals surface area contributed by atoms with Gasteiger partial charge in [-0.3, -0.25) is 0 Å². The maximum Gasteiger partial charge on any atom is 0.168 e. The van der Waals surface area contributed by atoms with Crippen LogP contribution in [0.2, 0.25) is 0 Å². The van der Waals surface area contributed by atoms with Crippen molar-refractivity contribution in [2.24, 2.45) is 0 Å². The van der Waals surface area contributed by atoms with Crippen molar-refractivity contribution in [2.45, 2.75) is 56.8 Å². The van der Waals surface area contributed by atoms with Gasteiger partial charge in [-0.15, -0.1) is 0 Å². The van der Waals surface area contributed by atoms with Gasteiger partial charge in [0, 0.05) is 19.4 Å². The van der Waals surface area contributed by atoms with Crippen LogP contribution in [0.4, 0.5) is 0 Å². The van der Waals surface area contributed by atoms with Crippen molar-refractivity contribution in [3.63, 3.8) is 0 Å². The van der Waals surface area contributed by atoms with Crippen LogP contribution >= 0.6 is 0 Å². The van der Waals surface area contributed by atoms with Gasteiger partial charge in [0.05, 0.1) is 18.8 Å². The summed E-state index contributed by atoms with van der Waals surface area (Å²) in [5.41, 5.74) is -0.561. The van der Waals surface area contributed by atoms with Gasteiger partial charge >= 0.3 is 0 Å². The molecule has 1 aliphatic heterocycles. The van der Waals surface area contributed by atoms with Gasteiger partial charge in [0.25, 0.3) is 0 Å². The molecule has 0 aromatic rings. The van der Waals surface area contributed by atoms with Crippen molar-refractivity contribution < 1.29 is 14.6 Å². The lowest BCUT2D eigenvalue weighted by molar-refractivity contribution is -0.201. The summed E-state index contributed by atoms with van der Waals surface area (Å²) in [6.07, 6.45) is 5.54. The van der Waals surface area contributed by atoms with Crippen LogP contribution < -0.4 is 5.32 Å². The largest absolute Gasteiger partial charge is 0.389 e. The zero-order valence-corrected chi connectivity index (χ0v) is 10.8. The fraction of sp³-hybridized carbons (Fsp3) is 1.00. The van der Waals surface area contributed by atoms with E-state index < -0.39 is 5.60 Å². The SMILES string of the molecule is CCCCNCC1(O)CCC2(CC1)OCCO2. The van der Waals surface area contributed by atoms with Crippen molar-refractivity contribution in [1.29, 1.82) is 0 Å². The normalized spacial score (nSPS) is 26.5. The highest BCUT2D eigenvalue weighted by Crippen LogP contribution is 2.39. The maximum absolute atomic E-state index is 10.4. The molecule has 0 aromatic heterocycles. The summed E-state index contributed by atoms with van der Waals surface area (Å²) in [6.45, 7) is 5.27. The minimum atomic E-state index is -0.561. The smallest absolute Gasteiger partial charge is 0.168 e. The molecular formula is C13H25NO3. The Balaban J connectivity index is 1.72. The first-order valence-corrected chi connectivity index (χ1v) is 6.89. The third kappa shape index (κ3) is 3.41. The Morgan fingerprint density at radius 1 is 1.12 bits per heavy atom. The predicted octanol–water partition coefficient (Wildman–Crippen LogP) is 1.42. The molecule has 0 aromatic carbocycles. The van der Waals surface area contributed by atoms with E-state index in [4.69, 9.17) is 9.47 Å². The molecule has 1 spiro atoms. The van der Waals surface area contributed by atoms with Crippen LogP contribution in [0.15, 0.2) is 0 Å². The number of nitrogens with one attached hydrogen (secondary N) is 1. The summed E-state index contributed by atoms with van der Waals surface area (Å²) in [5, 5.41) is 13.8. The molecule has 1 saturated heterocycles. The van der Waals surface area contributed by atoms with Crippen LogP contribution in [0.3, 0.4) is 0 Å². The van der Waals surface area contributed by atoms with Gasteiger partial charge in [0.15, 0.2) is 5.79 Å². The Bertz CT molecular complexity index is 229. The van der Waals surface area contributed by atoms with E-state index in [0.29, 0.717) is 19.8 Å². The highest BCUT2D eigenvalue weighted by Gasteiger charge is 2.45. The lowest BCUT2D eigenvalue weighted by Crippen LogP contribution is -2.48. The van der Waals surface area contributed by atoms with Crippen LogP contribution in [0, 0.1) is 0 Å². The van der Waals surface area contributed by atoms with Crippen LogP contribution in [0.25, 0.3) is 0 Å². The van der Waals surface area contributed by atoms with E-state index in [1.807, 2.05) is 0 Å². The van der Waals surface area contributed by atoms with Gasteiger partial charge in [0.2, 0.25) is 0 Å². The van der Waals surface area contributed by atoms with Crippen molar-refractivity contribution in [3.05, 3.63) is 0 Å². The molecule has 2 rings (SSSR count). The van der Waals surface area contributed by atoms with Crippen LogP contribution in [0.1, 0.15) is 45.4 Å². The number of ether oxygens (including phenoxy) is 2. The molecule has 2 N–H and O–H groups in total. The maximum atomic E-state index is 10.4. The van der Waals surface area contributed by atoms with Crippen molar-refractivity contribution in [2.75, 3.05) is 26.3 Å². The lowest BCUT2D eigenvalue weighted by Gasteiger charge is -2.40. The highest BCUT2D eigenvalue weighted by atomic mass is 16.7. The van der Waals surface area contributed by atoms with E-state index in [9.17, 15) is 5.11 Å². The molecule has 2 fully saturated rings. The third-order valence-corrected chi connectivity index (χ3v) is 3.92. The molecule has 1 aliphatic carbocycles. The first-order chi connectivity index (χ1) is 8.18. The fourth-order valence-electron chi connectivity index (χ4n) is 2.68. The lowest BCUT2D eigenvalue weighted by atomic mass is 9.81. The van der Waals surface area contributed by atoms with Gasteiger partial charge in [-0.05, 0) is 25.8 Å². The summed E-state index contributed by atoms with van der Waals surface area (Å²) >= 11 is 0. The van der Waals surface area contributed by atoms with Crippen molar-refractivity contribution in [3.8, 4) is 0 Å². The summed E-state index contributed by atoms with van der Waals surface area (Å²) in [4.78, 5) is 0. The highest BCUT2D eigenvalue weighted by molar-refractivity contribution is 4.92. The van der Waals surface area contributed by atoms with Gasteiger partial charge in [0.1, 0.15) is 0 Å². The Kier molecular flexibility index (Phi) is 4.42. The second-order valence-electron chi connectivity index (χ2n) is 5.36. The van der Waals surface area contributed by atoms with E-state index in [1.54, 1.807) is 0 Å². The first kappa shape index (κ1) is 13.3. The van der Waals surface area contributed by atoms with E-state index in [1.165, 1.54) is 12.8 Å².